The zero-order chi connectivity index (χ0) is 14.5. The third-order valence-corrected chi connectivity index (χ3v) is 4.99. The van der Waals surface area contributed by atoms with Crippen molar-refractivity contribution in [2.45, 2.75) is 32.2 Å². The lowest BCUT2D eigenvalue weighted by Gasteiger charge is -2.30. The summed E-state index contributed by atoms with van der Waals surface area (Å²) in [6, 6.07) is -0.312. The summed E-state index contributed by atoms with van der Waals surface area (Å²) in [6.07, 6.45) is 1.32. The number of esters is 1. The number of rotatable bonds is 6. The van der Waals surface area contributed by atoms with Crippen LogP contribution in [0.3, 0.4) is 0 Å². The van der Waals surface area contributed by atoms with E-state index in [-0.39, 0.29) is 24.5 Å². The minimum absolute atomic E-state index is 0.0614. The SMILES string of the molecule is COC(=O)C1CCN(S(=O)(=O)NC(C)CCO)CC1. The first-order chi connectivity index (χ1) is 8.90. The Hall–Kier alpha value is -0.700. The molecular formula is C11H22N2O5S. The highest BCUT2D eigenvalue weighted by atomic mass is 32.2. The number of nitrogens with zero attached hydrogens (tertiary/aromatic N) is 1. The highest BCUT2D eigenvalue weighted by Crippen LogP contribution is 2.20. The molecule has 19 heavy (non-hydrogen) atoms. The van der Waals surface area contributed by atoms with Gasteiger partial charge in [0, 0.05) is 25.7 Å². The van der Waals surface area contributed by atoms with Gasteiger partial charge in [0.05, 0.1) is 13.0 Å². The number of aliphatic hydroxyl groups excluding tert-OH is 1. The van der Waals surface area contributed by atoms with Crippen LogP contribution in [0.5, 0.6) is 0 Å². The number of ether oxygens (including phenoxy) is 1. The standard InChI is InChI=1S/C11H22N2O5S/c1-9(5-8-14)12-19(16,17)13-6-3-10(4-7-13)11(15)18-2/h9-10,12,14H,3-8H2,1-2H3. The van der Waals surface area contributed by atoms with Crippen molar-refractivity contribution in [1.29, 1.82) is 0 Å². The van der Waals surface area contributed by atoms with E-state index < -0.39 is 10.2 Å². The average molecular weight is 294 g/mol. The molecule has 0 bridgehead atoms. The Morgan fingerprint density at radius 3 is 2.53 bits per heavy atom. The molecule has 0 saturated carbocycles. The monoisotopic (exact) mass is 294 g/mol. The van der Waals surface area contributed by atoms with Gasteiger partial charge in [0.1, 0.15) is 0 Å². The highest BCUT2D eigenvalue weighted by molar-refractivity contribution is 7.87. The summed E-state index contributed by atoms with van der Waals surface area (Å²) in [5, 5.41) is 8.77. The number of aliphatic hydroxyl groups is 1. The van der Waals surface area contributed by atoms with Crippen molar-refractivity contribution in [3.63, 3.8) is 0 Å². The predicted octanol–water partition coefficient (Wildman–Crippen LogP) is -0.523. The third-order valence-electron chi connectivity index (χ3n) is 3.24. The molecule has 0 radical (unpaired) electrons. The van der Waals surface area contributed by atoms with E-state index in [9.17, 15) is 13.2 Å². The van der Waals surface area contributed by atoms with Crippen LogP contribution in [0.2, 0.25) is 0 Å². The molecule has 1 aliphatic rings. The molecule has 2 N–H and O–H groups in total. The number of hydrogen-bond acceptors (Lipinski definition) is 5. The van der Waals surface area contributed by atoms with E-state index in [4.69, 9.17) is 5.11 Å². The summed E-state index contributed by atoms with van der Waals surface area (Å²) in [7, 11) is -2.20. The summed E-state index contributed by atoms with van der Waals surface area (Å²) in [5.41, 5.74) is 0. The second-order valence-corrected chi connectivity index (χ2v) is 6.43. The first-order valence-corrected chi connectivity index (χ1v) is 7.80. The average Bonchev–Trinajstić information content (AvgIpc) is 2.37. The quantitative estimate of drug-likeness (QED) is 0.642. The maximum absolute atomic E-state index is 12.0. The lowest BCUT2D eigenvalue weighted by Crippen LogP contribution is -2.48. The summed E-state index contributed by atoms with van der Waals surface area (Å²) in [4.78, 5) is 11.4. The first kappa shape index (κ1) is 16.4. The highest BCUT2D eigenvalue weighted by Gasteiger charge is 2.31. The van der Waals surface area contributed by atoms with Gasteiger partial charge in [-0.3, -0.25) is 4.79 Å². The Morgan fingerprint density at radius 2 is 2.05 bits per heavy atom. The fourth-order valence-corrected chi connectivity index (χ4v) is 3.55. The van der Waals surface area contributed by atoms with E-state index in [0.717, 1.165) is 0 Å². The summed E-state index contributed by atoms with van der Waals surface area (Å²) < 4.78 is 32.6. The minimum atomic E-state index is -3.54. The number of nitrogens with one attached hydrogen (secondary N) is 1. The molecule has 1 rings (SSSR count). The fourth-order valence-electron chi connectivity index (χ4n) is 2.08. The Balaban J connectivity index is 2.52. The van der Waals surface area contributed by atoms with E-state index in [0.29, 0.717) is 32.4 Å². The molecule has 1 aliphatic heterocycles. The van der Waals surface area contributed by atoms with E-state index >= 15 is 0 Å². The second-order valence-electron chi connectivity index (χ2n) is 4.73. The maximum Gasteiger partial charge on any atom is 0.308 e. The molecule has 1 unspecified atom stereocenters. The molecule has 0 spiro atoms. The Labute approximate surface area is 114 Å². The number of methoxy groups -OCH3 is 1. The van der Waals surface area contributed by atoms with Crippen molar-refractivity contribution in [3.8, 4) is 0 Å². The summed E-state index contributed by atoms with van der Waals surface area (Å²) in [5.74, 6) is -0.495. The number of carbonyl (C=O) groups is 1. The molecule has 112 valence electrons. The lowest BCUT2D eigenvalue weighted by molar-refractivity contribution is -0.146. The van der Waals surface area contributed by atoms with Crippen LogP contribution in [0.1, 0.15) is 26.2 Å². The molecule has 0 aliphatic carbocycles. The van der Waals surface area contributed by atoms with Crippen LogP contribution in [0.25, 0.3) is 0 Å². The van der Waals surface area contributed by atoms with Crippen LogP contribution in [0.15, 0.2) is 0 Å². The second kappa shape index (κ2) is 7.18. The van der Waals surface area contributed by atoms with Crippen molar-refractivity contribution in [2.75, 3.05) is 26.8 Å². The van der Waals surface area contributed by atoms with Gasteiger partial charge in [0.2, 0.25) is 0 Å². The van der Waals surface area contributed by atoms with Gasteiger partial charge in [-0.05, 0) is 26.2 Å². The zero-order valence-electron chi connectivity index (χ0n) is 11.3. The molecule has 0 aromatic rings. The lowest BCUT2D eigenvalue weighted by atomic mass is 9.99. The van der Waals surface area contributed by atoms with Crippen LogP contribution < -0.4 is 4.72 Å². The van der Waals surface area contributed by atoms with Crippen molar-refractivity contribution < 1.29 is 23.1 Å². The van der Waals surface area contributed by atoms with Crippen LogP contribution in [-0.4, -0.2) is 56.6 Å². The molecule has 7 nitrogen and oxygen atoms in total. The molecule has 0 aromatic carbocycles. The molecular weight excluding hydrogens is 272 g/mol. The number of hydrogen-bond donors (Lipinski definition) is 2. The van der Waals surface area contributed by atoms with E-state index in [1.807, 2.05) is 0 Å². The van der Waals surface area contributed by atoms with E-state index in [1.54, 1.807) is 6.92 Å². The summed E-state index contributed by atoms with van der Waals surface area (Å²) >= 11 is 0. The Morgan fingerprint density at radius 1 is 1.47 bits per heavy atom. The molecule has 0 amide bonds. The van der Waals surface area contributed by atoms with Gasteiger partial charge in [-0.2, -0.15) is 17.4 Å². The smallest absolute Gasteiger partial charge is 0.308 e. The van der Waals surface area contributed by atoms with Gasteiger partial charge in [-0.15, -0.1) is 0 Å². The Bertz CT molecular complexity index is 390. The van der Waals surface area contributed by atoms with Crippen LogP contribution >= 0.6 is 0 Å². The van der Waals surface area contributed by atoms with Gasteiger partial charge < -0.3 is 9.84 Å². The van der Waals surface area contributed by atoms with Gasteiger partial charge in [0.25, 0.3) is 10.2 Å². The van der Waals surface area contributed by atoms with Crippen LogP contribution in [0.4, 0.5) is 0 Å². The third kappa shape index (κ3) is 4.72. The van der Waals surface area contributed by atoms with Crippen LogP contribution in [0, 0.1) is 5.92 Å². The van der Waals surface area contributed by atoms with Crippen molar-refractivity contribution >= 4 is 16.2 Å². The Kier molecular flexibility index (Phi) is 6.18. The number of carbonyl (C=O) groups excluding carboxylic acids is 1. The molecule has 0 aromatic heterocycles. The fraction of sp³-hybridized carbons (Fsp3) is 0.909. The van der Waals surface area contributed by atoms with Crippen molar-refractivity contribution in [3.05, 3.63) is 0 Å². The maximum atomic E-state index is 12.0. The molecule has 1 saturated heterocycles. The summed E-state index contributed by atoms with van der Waals surface area (Å²) in [6.45, 7) is 2.25. The van der Waals surface area contributed by atoms with Crippen LogP contribution in [-0.2, 0) is 19.7 Å². The first-order valence-electron chi connectivity index (χ1n) is 6.36. The van der Waals surface area contributed by atoms with Gasteiger partial charge in [-0.1, -0.05) is 0 Å². The molecule has 8 heteroatoms. The van der Waals surface area contributed by atoms with Gasteiger partial charge in [0.15, 0.2) is 0 Å². The predicted molar refractivity (Wildman–Crippen MR) is 69.5 cm³/mol. The van der Waals surface area contributed by atoms with Crippen molar-refractivity contribution in [1.82, 2.24) is 9.03 Å². The minimum Gasteiger partial charge on any atom is -0.469 e. The zero-order valence-corrected chi connectivity index (χ0v) is 12.1. The van der Waals surface area contributed by atoms with E-state index in [1.165, 1.54) is 11.4 Å². The van der Waals surface area contributed by atoms with Crippen molar-refractivity contribution in [2.24, 2.45) is 5.92 Å². The van der Waals surface area contributed by atoms with Gasteiger partial charge >= 0.3 is 5.97 Å². The molecule has 1 fully saturated rings. The number of piperidine rings is 1. The molecule has 1 atom stereocenters. The largest absolute Gasteiger partial charge is 0.469 e. The van der Waals surface area contributed by atoms with E-state index in [2.05, 4.69) is 9.46 Å². The molecule has 1 heterocycles. The topological polar surface area (TPSA) is 95.9 Å². The normalized spacial score (nSPS) is 20.2. The van der Waals surface area contributed by atoms with Gasteiger partial charge in [-0.25, -0.2) is 0 Å².